The van der Waals surface area contributed by atoms with Gasteiger partial charge in [-0.3, -0.25) is 0 Å². The number of aliphatic hydroxyl groups is 3. The highest BCUT2D eigenvalue weighted by Crippen LogP contribution is 2.33. The lowest BCUT2D eigenvalue weighted by Crippen LogP contribution is -2.55. The fourth-order valence-corrected chi connectivity index (χ4v) is 3.29. The number of hydrogen-bond acceptors (Lipinski definition) is 7. The van der Waals surface area contributed by atoms with Crippen molar-refractivity contribution in [2.75, 3.05) is 29.9 Å². The maximum atomic E-state index is 11.7. The number of aliphatic hydroxyl groups excluding tert-OH is 3. The van der Waals surface area contributed by atoms with Crippen LogP contribution in [0.1, 0.15) is 36.7 Å². The van der Waals surface area contributed by atoms with Gasteiger partial charge in [-0.1, -0.05) is 6.92 Å². The molecule has 5 N–H and O–H groups in total. The number of aromatic carboxylic acids is 1. The molecule has 1 aromatic carbocycles. The fourth-order valence-electron chi connectivity index (χ4n) is 3.29. The normalized spacial score (nSPS) is 25.8. The van der Waals surface area contributed by atoms with Crippen molar-refractivity contribution in [2.24, 2.45) is 0 Å². The van der Waals surface area contributed by atoms with E-state index in [1.54, 1.807) is 6.07 Å². The Kier molecular flexibility index (Phi) is 6.82. The molecule has 0 amide bonds. The molecule has 1 unspecified atom stereocenters. The van der Waals surface area contributed by atoms with Crippen molar-refractivity contribution in [3.05, 3.63) is 23.3 Å². The summed E-state index contributed by atoms with van der Waals surface area (Å²) in [7, 11) is 0. The summed E-state index contributed by atoms with van der Waals surface area (Å²) in [4.78, 5) is 13.7. The zero-order valence-corrected chi connectivity index (χ0v) is 15.3. The van der Waals surface area contributed by atoms with Crippen LogP contribution in [0.3, 0.4) is 0 Å². The van der Waals surface area contributed by atoms with Crippen LogP contribution < -0.4 is 10.2 Å². The molecule has 8 nitrogen and oxygen atoms in total. The highest BCUT2D eigenvalue weighted by Gasteiger charge is 2.38. The van der Waals surface area contributed by atoms with Crippen LogP contribution in [0, 0.1) is 0 Å². The van der Waals surface area contributed by atoms with E-state index >= 15 is 0 Å². The van der Waals surface area contributed by atoms with Gasteiger partial charge in [-0.2, -0.15) is 0 Å². The Morgan fingerprint density at radius 3 is 2.38 bits per heavy atom. The number of carboxylic acids is 1. The Morgan fingerprint density at radius 2 is 1.85 bits per heavy atom. The third-order valence-corrected chi connectivity index (χ3v) is 4.75. The molecule has 4 atom stereocenters. The van der Waals surface area contributed by atoms with Crippen molar-refractivity contribution in [3.8, 4) is 0 Å². The van der Waals surface area contributed by atoms with Crippen LogP contribution in [-0.4, -0.2) is 70.6 Å². The van der Waals surface area contributed by atoms with Gasteiger partial charge in [0.05, 0.1) is 17.9 Å². The Morgan fingerprint density at radius 1 is 1.19 bits per heavy atom. The molecule has 2 rings (SSSR count). The molecule has 1 aliphatic heterocycles. The van der Waals surface area contributed by atoms with E-state index in [-0.39, 0.29) is 12.2 Å². The first-order chi connectivity index (χ1) is 12.3. The summed E-state index contributed by atoms with van der Waals surface area (Å²) in [6.45, 7) is 7.05. The standard InChI is InChI=1S/C18H28N2O6/c1-4-10-12(19-17-16(23)15(22)13(21)9-26-17)8-7-11(18(24)25)14(10)20(5-2)6-3/h7-8,13,15-17,19,21-23H,4-6,9H2,1-3H3,(H,24,25)/t13-,15-,16-,17?/m1/s1. The first-order valence-electron chi connectivity index (χ1n) is 8.92. The largest absolute Gasteiger partial charge is 0.478 e. The van der Waals surface area contributed by atoms with E-state index < -0.39 is 30.5 Å². The molecule has 1 saturated heterocycles. The quantitative estimate of drug-likeness (QED) is 0.475. The lowest BCUT2D eigenvalue weighted by atomic mass is 9.99. The molecule has 1 aliphatic rings. The van der Waals surface area contributed by atoms with Crippen LogP contribution in [0.4, 0.5) is 11.4 Å². The molecule has 1 fully saturated rings. The van der Waals surface area contributed by atoms with Gasteiger partial charge < -0.3 is 35.4 Å². The summed E-state index contributed by atoms with van der Waals surface area (Å²) < 4.78 is 5.41. The number of carboxylic acid groups (broad SMARTS) is 1. The van der Waals surface area contributed by atoms with Crippen molar-refractivity contribution in [3.63, 3.8) is 0 Å². The highest BCUT2D eigenvalue weighted by molar-refractivity contribution is 5.97. The molecule has 1 heterocycles. The van der Waals surface area contributed by atoms with Crippen LogP contribution in [0.5, 0.6) is 0 Å². The Bertz CT molecular complexity index is 634. The van der Waals surface area contributed by atoms with E-state index in [1.807, 2.05) is 25.7 Å². The first-order valence-corrected chi connectivity index (χ1v) is 8.92. The molecule has 0 aliphatic carbocycles. The number of anilines is 2. The molecular formula is C18H28N2O6. The number of hydrogen-bond donors (Lipinski definition) is 5. The Labute approximate surface area is 153 Å². The predicted octanol–water partition coefficient (Wildman–Crippen LogP) is 0.644. The van der Waals surface area contributed by atoms with Gasteiger partial charge in [-0.25, -0.2) is 4.79 Å². The van der Waals surface area contributed by atoms with Crippen LogP contribution in [0.25, 0.3) is 0 Å². The van der Waals surface area contributed by atoms with Crippen LogP contribution in [0.2, 0.25) is 0 Å². The molecule has 146 valence electrons. The lowest BCUT2D eigenvalue weighted by molar-refractivity contribution is -0.178. The number of carbonyl (C=O) groups is 1. The van der Waals surface area contributed by atoms with Crippen molar-refractivity contribution in [1.82, 2.24) is 0 Å². The maximum absolute atomic E-state index is 11.7. The molecule has 1 aromatic rings. The SMILES string of the molecule is CCc1c(NC2OC[C@@H](O)[C@@H](O)[C@H]2O)ccc(C(=O)O)c1N(CC)CC. The number of nitrogens with zero attached hydrogens (tertiary/aromatic N) is 1. The first kappa shape index (κ1) is 20.4. The van der Waals surface area contributed by atoms with Crippen molar-refractivity contribution >= 4 is 17.3 Å². The van der Waals surface area contributed by atoms with E-state index in [2.05, 4.69) is 5.32 Å². The summed E-state index contributed by atoms with van der Waals surface area (Å²) in [6, 6.07) is 3.17. The minimum Gasteiger partial charge on any atom is -0.478 e. The van der Waals surface area contributed by atoms with Crippen LogP contribution in [-0.2, 0) is 11.2 Å². The second-order valence-electron chi connectivity index (χ2n) is 6.27. The number of benzene rings is 1. The second-order valence-corrected chi connectivity index (χ2v) is 6.27. The minimum atomic E-state index is -1.31. The number of ether oxygens (including phenoxy) is 1. The molecule has 26 heavy (non-hydrogen) atoms. The van der Waals surface area contributed by atoms with Crippen molar-refractivity contribution in [1.29, 1.82) is 0 Å². The van der Waals surface area contributed by atoms with E-state index in [1.165, 1.54) is 6.07 Å². The third-order valence-electron chi connectivity index (χ3n) is 4.75. The zero-order chi connectivity index (χ0) is 19.4. The van der Waals surface area contributed by atoms with E-state index in [4.69, 9.17) is 4.74 Å². The summed E-state index contributed by atoms with van der Waals surface area (Å²) in [5.41, 5.74) is 2.29. The van der Waals surface area contributed by atoms with Crippen molar-refractivity contribution in [2.45, 2.75) is 51.7 Å². The Balaban J connectivity index is 2.43. The molecule has 0 radical (unpaired) electrons. The molecule has 0 saturated carbocycles. The minimum absolute atomic E-state index is 0.104. The molecule has 0 bridgehead atoms. The highest BCUT2D eigenvalue weighted by atomic mass is 16.5. The van der Waals surface area contributed by atoms with Gasteiger partial charge in [0.15, 0.2) is 6.23 Å². The lowest BCUT2D eigenvalue weighted by Gasteiger charge is -2.37. The second kappa shape index (κ2) is 8.68. The monoisotopic (exact) mass is 368 g/mol. The van der Waals surface area contributed by atoms with Gasteiger partial charge in [0.25, 0.3) is 0 Å². The average Bonchev–Trinajstić information content (AvgIpc) is 2.63. The van der Waals surface area contributed by atoms with Gasteiger partial charge in [0, 0.05) is 18.8 Å². The average molecular weight is 368 g/mol. The number of nitrogens with one attached hydrogen (secondary N) is 1. The molecule has 0 aromatic heterocycles. The van der Waals surface area contributed by atoms with Gasteiger partial charge in [0.2, 0.25) is 0 Å². The van der Waals surface area contributed by atoms with Gasteiger partial charge >= 0.3 is 5.97 Å². The topological polar surface area (TPSA) is 122 Å². The summed E-state index contributed by atoms with van der Waals surface area (Å²) in [6.07, 6.45) is -4.09. The van der Waals surface area contributed by atoms with Gasteiger partial charge in [-0.05, 0) is 38.0 Å². The third kappa shape index (κ3) is 3.93. The molecular weight excluding hydrogens is 340 g/mol. The molecule has 0 spiro atoms. The van der Waals surface area contributed by atoms with Gasteiger partial charge in [0.1, 0.15) is 18.3 Å². The van der Waals surface area contributed by atoms with E-state index in [9.17, 15) is 25.2 Å². The molecule has 8 heteroatoms. The Hall–Kier alpha value is -1.87. The van der Waals surface area contributed by atoms with E-state index in [0.29, 0.717) is 30.9 Å². The van der Waals surface area contributed by atoms with E-state index in [0.717, 1.165) is 5.56 Å². The summed E-state index contributed by atoms with van der Waals surface area (Å²) in [5.74, 6) is -0.999. The summed E-state index contributed by atoms with van der Waals surface area (Å²) in [5, 5.41) is 42.2. The number of rotatable bonds is 7. The maximum Gasteiger partial charge on any atom is 0.337 e. The smallest absolute Gasteiger partial charge is 0.337 e. The fraction of sp³-hybridized carbons (Fsp3) is 0.611. The predicted molar refractivity (Wildman–Crippen MR) is 97.7 cm³/mol. The summed E-state index contributed by atoms with van der Waals surface area (Å²) >= 11 is 0. The zero-order valence-electron chi connectivity index (χ0n) is 15.3. The van der Waals surface area contributed by atoms with Crippen LogP contribution in [0.15, 0.2) is 12.1 Å². The van der Waals surface area contributed by atoms with Crippen molar-refractivity contribution < 1.29 is 30.0 Å². The van der Waals surface area contributed by atoms with Gasteiger partial charge in [-0.15, -0.1) is 0 Å². The van der Waals surface area contributed by atoms with Crippen LogP contribution >= 0.6 is 0 Å².